The lowest BCUT2D eigenvalue weighted by atomic mass is 10.2. The summed E-state index contributed by atoms with van der Waals surface area (Å²) in [6.45, 7) is 14.3. The van der Waals surface area contributed by atoms with Gasteiger partial charge in [0.05, 0.1) is 6.61 Å². The molecular weight excluding hydrogens is 244 g/mol. The Labute approximate surface area is 117 Å². The van der Waals surface area contributed by atoms with Crippen LogP contribution in [-0.2, 0) is 4.74 Å². The van der Waals surface area contributed by atoms with Gasteiger partial charge in [0.2, 0.25) is 0 Å². The van der Waals surface area contributed by atoms with E-state index >= 15 is 0 Å². The zero-order valence-corrected chi connectivity index (χ0v) is 13.2. The number of unbranched alkanes of at least 4 members (excludes halogenated alkanes) is 1. The summed E-state index contributed by atoms with van der Waals surface area (Å²) < 4.78 is 5.95. The van der Waals surface area contributed by atoms with Gasteiger partial charge in [0.15, 0.2) is 0 Å². The fourth-order valence-corrected chi connectivity index (χ4v) is 3.34. The lowest BCUT2D eigenvalue weighted by Crippen LogP contribution is -2.45. The fraction of sp³-hybridized carbons (Fsp3) is 1.00. The van der Waals surface area contributed by atoms with Crippen molar-refractivity contribution in [2.24, 2.45) is 0 Å². The Balaban J connectivity index is 1.91. The maximum Gasteiger partial charge on any atom is 0.0590 e. The van der Waals surface area contributed by atoms with Crippen LogP contribution in [0.15, 0.2) is 0 Å². The normalized spacial score (nSPS) is 20.2. The van der Waals surface area contributed by atoms with Crippen LogP contribution in [0.1, 0.15) is 33.6 Å². The van der Waals surface area contributed by atoms with Gasteiger partial charge in [0.1, 0.15) is 0 Å². The Kier molecular flexibility index (Phi) is 8.31. The quantitative estimate of drug-likeness (QED) is 0.652. The molecule has 1 aliphatic heterocycles. The molecule has 1 fully saturated rings. The van der Waals surface area contributed by atoms with Crippen molar-refractivity contribution in [3.8, 4) is 0 Å². The summed E-state index contributed by atoms with van der Waals surface area (Å²) in [6, 6.07) is 0. The summed E-state index contributed by atoms with van der Waals surface area (Å²) in [5.74, 6) is 1.27. The van der Waals surface area contributed by atoms with Gasteiger partial charge in [0, 0.05) is 49.8 Å². The molecule has 0 aromatic rings. The number of nitrogens with zero attached hydrogens (tertiary/aromatic N) is 1. The minimum atomic E-state index is 0.432. The minimum absolute atomic E-state index is 0.432. The SMILES string of the molecule is CCCCOCCNCCN1CCSC(C)(C)C1. The van der Waals surface area contributed by atoms with E-state index in [2.05, 4.69) is 42.7 Å². The molecule has 18 heavy (non-hydrogen) atoms. The summed E-state index contributed by atoms with van der Waals surface area (Å²) in [4.78, 5) is 2.57. The predicted octanol–water partition coefficient (Wildman–Crippen LogP) is 2.22. The van der Waals surface area contributed by atoms with Gasteiger partial charge in [-0.15, -0.1) is 0 Å². The highest BCUT2D eigenvalue weighted by Gasteiger charge is 2.26. The summed E-state index contributed by atoms with van der Waals surface area (Å²) in [5, 5.41) is 3.46. The average molecular weight is 274 g/mol. The van der Waals surface area contributed by atoms with E-state index in [9.17, 15) is 0 Å². The number of rotatable bonds is 9. The van der Waals surface area contributed by atoms with E-state index in [0.29, 0.717) is 4.75 Å². The van der Waals surface area contributed by atoms with Crippen LogP contribution >= 0.6 is 11.8 Å². The van der Waals surface area contributed by atoms with Crippen molar-refractivity contribution in [1.29, 1.82) is 0 Å². The molecule has 3 nitrogen and oxygen atoms in total. The molecule has 0 saturated carbocycles. The molecule has 0 unspecified atom stereocenters. The average Bonchev–Trinajstić information content (AvgIpc) is 2.31. The molecule has 0 spiro atoms. The second-order valence-corrected chi connectivity index (χ2v) is 7.40. The second-order valence-electron chi connectivity index (χ2n) is 5.60. The van der Waals surface area contributed by atoms with Gasteiger partial charge in [-0.1, -0.05) is 13.3 Å². The molecule has 1 saturated heterocycles. The van der Waals surface area contributed by atoms with Gasteiger partial charge in [-0.05, 0) is 20.3 Å². The second kappa shape index (κ2) is 9.18. The molecule has 0 amide bonds. The number of nitrogens with one attached hydrogen (secondary N) is 1. The summed E-state index contributed by atoms with van der Waals surface area (Å²) in [5.41, 5.74) is 0. The Morgan fingerprint density at radius 2 is 2.11 bits per heavy atom. The Bertz CT molecular complexity index is 212. The topological polar surface area (TPSA) is 24.5 Å². The van der Waals surface area contributed by atoms with Crippen LogP contribution in [0.4, 0.5) is 0 Å². The largest absolute Gasteiger partial charge is 0.380 e. The maximum atomic E-state index is 5.52. The zero-order valence-electron chi connectivity index (χ0n) is 12.3. The Morgan fingerprint density at radius 3 is 2.83 bits per heavy atom. The highest BCUT2D eigenvalue weighted by molar-refractivity contribution is 8.00. The first kappa shape index (κ1) is 16.3. The molecule has 108 valence electrons. The van der Waals surface area contributed by atoms with Gasteiger partial charge >= 0.3 is 0 Å². The first-order valence-corrected chi connectivity index (χ1v) is 8.27. The van der Waals surface area contributed by atoms with Crippen molar-refractivity contribution in [2.75, 3.05) is 51.7 Å². The summed E-state index contributed by atoms with van der Waals surface area (Å²) in [6.07, 6.45) is 2.40. The molecule has 1 rings (SSSR count). The number of thioether (sulfide) groups is 1. The maximum absolute atomic E-state index is 5.52. The summed E-state index contributed by atoms with van der Waals surface area (Å²) >= 11 is 2.10. The Hall–Kier alpha value is 0.230. The minimum Gasteiger partial charge on any atom is -0.380 e. The highest BCUT2D eigenvalue weighted by Crippen LogP contribution is 2.28. The van der Waals surface area contributed by atoms with Crippen LogP contribution in [0, 0.1) is 0 Å². The third kappa shape index (κ3) is 7.62. The van der Waals surface area contributed by atoms with Crippen molar-refractivity contribution in [2.45, 2.75) is 38.4 Å². The van der Waals surface area contributed by atoms with Crippen molar-refractivity contribution in [3.05, 3.63) is 0 Å². The van der Waals surface area contributed by atoms with Crippen LogP contribution in [0.5, 0.6) is 0 Å². The molecule has 0 aliphatic carbocycles. The molecule has 1 aliphatic rings. The van der Waals surface area contributed by atoms with Crippen LogP contribution in [0.2, 0.25) is 0 Å². The molecule has 0 radical (unpaired) electrons. The first-order valence-electron chi connectivity index (χ1n) is 7.29. The van der Waals surface area contributed by atoms with Gasteiger partial charge in [-0.2, -0.15) is 11.8 Å². The molecule has 4 heteroatoms. The van der Waals surface area contributed by atoms with Crippen molar-refractivity contribution in [3.63, 3.8) is 0 Å². The van der Waals surface area contributed by atoms with E-state index in [-0.39, 0.29) is 0 Å². The molecule has 0 bridgehead atoms. The van der Waals surface area contributed by atoms with E-state index in [1.54, 1.807) is 0 Å². The molecule has 1 heterocycles. The number of ether oxygens (including phenoxy) is 1. The van der Waals surface area contributed by atoms with Crippen molar-refractivity contribution < 1.29 is 4.74 Å². The van der Waals surface area contributed by atoms with E-state index in [1.807, 2.05) is 0 Å². The van der Waals surface area contributed by atoms with Gasteiger partial charge in [0.25, 0.3) is 0 Å². The van der Waals surface area contributed by atoms with Crippen LogP contribution < -0.4 is 5.32 Å². The first-order chi connectivity index (χ1) is 8.64. The van der Waals surface area contributed by atoms with Crippen LogP contribution in [0.25, 0.3) is 0 Å². The number of hydrogen-bond acceptors (Lipinski definition) is 4. The van der Waals surface area contributed by atoms with E-state index in [1.165, 1.54) is 38.2 Å². The lowest BCUT2D eigenvalue weighted by Gasteiger charge is -2.37. The van der Waals surface area contributed by atoms with Crippen LogP contribution in [0.3, 0.4) is 0 Å². The monoisotopic (exact) mass is 274 g/mol. The molecule has 0 aromatic heterocycles. The molecule has 0 atom stereocenters. The zero-order chi connectivity index (χ0) is 13.3. The Morgan fingerprint density at radius 1 is 1.28 bits per heavy atom. The van der Waals surface area contributed by atoms with Crippen LogP contribution in [-0.4, -0.2) is 61.3 Å². The third-order valence-corrected chi connectivity index (χ3v) is 4.47. The third-order valence-electron chi connectivity index (χ3n) is 3.17. The highest BCUT2D eigenvalue weighted by atomic mass is 32.2. The van der Waals surface area contributed by atoms with E-state index in [0.717, 1.165) is 26.3 Å². The van der Waals surface area contributed by atoms with E-state index < -0.39 is 0 Å². The molecule has 0 aromatic carbocycles. The standard InChI is InChI=1S/C14H30N2OS/c1-4-5-10-17-11-7-15-6-8-16-9-12-18-14(2,3)13-16/h15H,4-13H2,1-3H3. The van der Waals surface area contributed by atoms with Crippen molar-refractivity contribution in [1.82, 2.24) is 10.2 Å². The smallest absolute Gasteiger partial charge is 0.0590 e. The number of hydrogen-bond donors (Lipinski definition) is 1. The van der Waals surface area contributed by atoms with Gasteiger partial charge < -0.3 is 10.1 Å². The van der Waals surface area contributed by atoms with Crippen molar-refractivity contribution >= 4 is 11.8 Å². The van der Waals surface area contributed by atoms with Gasteiger partial charge in [-0.3, -0.25) is 4.90 Å². The molecule has 1 N–H and O–H groups in total. The van der Waals surface area contributed by atoms with Gasteiger partial charge in [-0.25, -0.2) is 0 Å². The summed E-state index contributed by atoms with van der Waals surface area (Å²) in [7, 11) is 0. The fourth-order valence-electron chi connectivity index (χ4n) is 2.16. The molecular formula is C14H30N2OS. The lowest BCUT2D eigenvalue weighted by molar-refractivity contribution is 0.132. The van der Waals surface area contributed by atoms with E-state index in [4.69, 9.17) is 4.74 Å². The predicted molar refractivity (Wildman–Crippen MR) is 81.6 cm³/mol.